The molecule has 128 valence electrons. The lowest BCUT2D eigenvalue weighted by Crippen LogP contribution is -2.14. The molecule has 1 aromatic heterocycles. The van der Waals surface area contributed by atoms with Crippen molar-refractivity contribution >= 4 is 27.4 Å². The standard InChI is InChI=1S/C18H16ClN3O2S/c1-12-6-8-14(9-7-12)25(23,24)22-16-10-11-20-18(21-16)15-5-3-4-13(2)17(15)19/h3-11H,1-2H3,(H,20,21,22). The summed E-state index contributed by atoms with van der Waals surface area (Å²) in [5.41, 5.74) is 2.53. The number of aryl methyl sites for hydroxylation is 2. The summed E-state index contributed by atoms with van der Waals surface area (Å²) in [6.07, 6.45) is 1.49. The van der Waals surface area contributed by atoms with Gasteiger partial charge >= 0.3 is 0 Å². The second-order valence-electron chi connectivity index (χ2n) is 5.62. The average Bonchev–Trinajstić information content (AvgIpc) is 2.57. The number of nitrogens with one attached hydrogen (secondary N) is 1. The molecule has 3 rings (SSSR count). The van der Waals surface area contributed by atoms with Gasteiger partial charge in [0.1, 0.15) is 5.82 Å². The molecule has 7 heteroatoms. The highest BCUT2D eigenvalue weighted by Gasteiger charge is 2.16. The van der Waals surface area contributed by atoms with E-state index in [1.54, 1.807) is 30.3 Å². The molecule has 5 nitrogen and oxygen atoms in total. The predicted molar refractivity (Wildman–Crippen MR) is 99.2 cm³/mol. The molecule has 0 amide bonds. The molecule has 0 aliphatic rings. The Kier molecular flexibility index (Phi) is 4.74. The van der Waals surface area contributed by atoms with Crippen molar-refractivity contribution in [2.45, 2.75) is 18.7 Å². The number of aromatic nitrogens is 2. The number of hydrogen-bond acceptors (Lipinski definition) is 4. The minimum absolute atomic E-state index is 0.173. The van der Waals surface area contributed by atoms with Gasteiger partial charge in [-0.25, -0.2) is 18.4 Å². The summed E-state index contributed by atoms with van der Waals surface area (Å²) in [5.74, 6) is 0.543. The molecule has 3 aromatic rings. The fraction of sp³-hybridized carbons (Fsp3) is 0.111. The van der Waals surface area contributed by atoms with Gasteiger partial charge in [-0.3, -0.25) is 4.72 Å². The van der Waals surface area contributed by atoms with Crippen LogP contribution in [0.2, 0.25) is 5.02 Å². The topological polar surface area (TPSA) is 72.0 Å². The third-order valence-electron chi connectivity index (χ3n) is 3.66. The highest BCUT2D eigenvalue weighted by molar-refractivity contribution is 7.92. The summed E-state index contributed by atoms with van der Waals surface area (Å²) >= 11 is 6.31. The second-order valence-corrected chi connectivity index (χ2v) is 7.68. The fourth-order valence-corrected chi connectivity index (χ4v) is 3.49. The molecule has 0 aliphatic heterocycles. The molecular formula is C18H16ClN3O2S. The minimum Gasteiger partial charge on any atom is -0.263 e. The maximum absolute atomic E-state index is 12.5. The van der Waals surface area contributed by atoms with Crippen LogP contribution in [0.4, 0.5) is 5.82 Å². The van der Waals surface area contributed by atoms with E-state index in [1.807, 2.05) is 26.0 Å². The lowest BCUT2D eigenvalue weighted by atomic mass is 10.1. The summed E-state index contributed by atoms with van der Waals surface area (Å²) < 4.78 is 27.4. The first-order chi connectivity index (χ1) is 11.9. The third-order valence-corrected chi connectivity index (χ3v) is 5.53. The molecule has 0 saturated heterocycles. The van der Waals surface area contributed by atoms with Crippen LogP contribution in [-0.4, -0.2) is 18.4 Å². The summed E-state index contributed by atoms with van der Waals surface area (Å²) in [5, 5.41) is 0.543. The highest BCUT2D eigenvalue weighted by Crippen LogP contribution is 2.28. The molecule has 0 bridgehead atoms. The van der Waals surface area contributed by atoms with Crippen LogP contribution in [0, 0.1) is 13.8 Å². The van der Waals surface area contributed by atoms with Crippen molar-refractivity contribution in [1.82, 2.24) is 9.97 Å². The average molecular weight is 374 g/mol. The Hall–Kier alpha value is -2.44. The van der Waals surface area contributed by atoms with Crippen LogP contribution in [0.15, 0.2) is 59.6 Å². The number of anilines is 1. The first-order valence-corrected chi connectivity index (χ1v) is 9.41. The molecule has 2 aromatic carbocycles. The van der Waals surface area contributed by atoms with Gasteiger partial charge in [-0.15, -0.1) is 0 Å². The molecule has 0 spiro atoms. The van der Waals surface area contributed by atoms with E-state index in [1.165, 1.54) is 12.3 Å². The van der Waals surface area contributed by atoms with Crippen LogP contribution in [0.1, 0.15) is 11.1 Å². The van der Waals surface area contributed by atoms with Crippen LogP contribution >= 0.6 is 11.6 Å². The second kappa shape index (κ2) is 6.82. The van der Waals surface area contributed by atoms with Gasteiger partial charge in [0.05, 0.1) is 9.92 Å². The minimum atomic E-state index is -3.72. The van der Waals surface area contributed by atoms with Crippen LogP contribution in [0.25, 0.3) is 11.4 Å². The Bertz CT molecular complexity index is 1020. The Morgan fingerprint density at radius 3 is 2.44 bits per heavy atom. The monoisotopic (exact) mass is 373 g/mol. The van der Waals surface area contributed by atoms with E-state index >= 15 is 0 Å². The highest BCUT2D eigenvalue weighted by atomic mass is 35.5. The normalized spacial score (nSPS) is 11.3. The molecule has 1 heterocycles. The molecule has 0 fully saturated rings. The van der Waals surface area contributed by atoms with Crippen LogP contribution in [0.5, 0.6) is 0 Å². The van der Waals surface area contributed by atoms with Gasteiger partial charge < -0.3 is 0 Å². The van der Waals surface area contributed by atoms with Gasteiger partial charge in [0.2, 0.25) is 0 Å². The van der Waals surface area contributed by atoms with Gasteiger partial charge in [0.15, 0.2) is 5.82 Å². The van der Waals surface area contributed by atoms with Crippen molar-refractivity contribution in [3.05, 3.63) is 70.9 Å². The molecular weight excluding hydrogens is 358 g/mol. The van der Waals surface area contributed by atoms with Crippen molar-refractivity contribution < 1.29 is 8.42 Å². The zero-order valence-corrected chi connectivity index (χ0v) is 15.3. The smallest absolute Gasteiger partial charge is 0.263 e. The summed E-state index contributed by atoms with van der Waals surface area (Å²) in [6, 6.07) is 13.6. The quantitative estimate of drug-likeness (QED) is 0.743. The van der Waals surface area contributed by atoms with Crippen LogP contribution in [0.3, 0.4) is 0 Å². The maximum atomic E-state index is 12.5. The van der Waals surface area contributed by atoms with Crippen molar-refractivity contribution in [2.24, 2.45) is 0 Å². The third kappa shape index (κ3) is 3.81. The van der Waals surface area contributed by atoms with E-state index in [4.69, 9.17) is 11.6 Å². The Morgan fingerprint density at radius 2 is 1.72 bits per heavy atom. The van der Waals surface area contributed by atoms with Crippen LogP contribution < -0.4 is 4.72 Å². The summed E-state index contributed by atoms with van der Waals surface area (Å²) in [6.45, 7) is 3.78. The summed E-state index contributed by atoms with van der Waals surface area (Å²) in [4.78, 5) is 8.66. The maximum Gasteiger partial charge on any atom is 0.263 e. The lowest BCUT2D eigenvalue weighted by Gasteiger charge is -2.10. The van der Waals surface area contributed by atoms with Gasteiger partial charge in [0, 0.05) is 11.8 Å². The Morgan fingerprint density at radius 1 is 1.00 bits per heavy atom. The molecule has 25 heavy (non-hydrogen) atoms. The zero-order valence-electron chi connectivity index (χ0n) is 13.7. The van der Waals surface area contributed by atoms with E-state index in [9.17, 15) is 8.42 Å². The van der Waals surface area contributed by atoms with Crippen molar-refractivity contribution in [1.29, 1.82) is 0 Å². The predicted octanol–water partition coefficient (Wildman–Crippen LogP) is 4.21. The molecule has 0 saturated carbocycles. The van der Waals surface area contributed by atoms with Gasteiger partial charge in [0.25, 0.3) is 10.0 Å². The van der Waals surface area contributed by atoms with Crippen molar-refractivity contribution in [2.75, 3.05) is 4.72 Å². The van der Waals surface area contributed by atoms with Crippen LogP contribution in [-0.2, 0) is 10.0 Å². The summed E-state index contributed by atoms with van der Waals surface area (Å²) in [7, 11) is -3.72. The van der Waals surface area contributed by atoms with E-state index in [0.29, 0.717) is 16.4 Å². The van der Waals surface area contributed by atoms with Gasteiger partial charge in [-0.05, 0) is 43.7 Å². The Labute approximate surface area is 151 Å². The molecule has 0 aliphatic carbocycles. The Balaban J connectivity index is 1.94. The van der Waals surface area contributed by atoms with E-state index < -0.39 is 10.0 Å². The number of rotatable bonds is 4. The van der Waals surface area contributed by atoms with E-state index in [-0.39, 0.29) is 10.7 Å². The number of hydrogen-bond donors (Lipinski definition) is 1. The largest absolute Gasteiger partial charge is 0.263 e. The van der Waals surface area contributed by atoms with Crippen molar-refractivity contribution in [3.63, 3.8) is 0 Å². The molecule has 0 atom stereocenters. The lowest BCUT2D eigenvalue weighted by molar-refractivity contribution is 0.601. The van der Waals surface area contributed by atoms with Gasteiger partial charge in [-0.1, -0.05) is 41.4 Å². The van der Waals surface area contributed by atoms with Gasteiger partial charge in [-0.2, -0.15) is 0 Å². The first-order valence-electron chi connectivity index (χ1n) is 7.55. The SMILES string of the molecule is Cc1ccc(S(=O)(=O)Nc2ccnc(-c3cccc(C)c3Cl)n2)cc1. The number of nitrogens with zero attached hydrogens (tertiary/aromatic N) is 2. The number of halogens is 1. The number of benzene rings is 2. The zero-order chi connectivity index (χ0) is 18.0. The first kappa shape index (κ1) is 17.4. The fourth-order valence-electron chi connectivity index (χ4n) is 2.28. The molecule has 0 unspecified atom stereocenters. The van der Waals surface area contributed by atoms with Crippen molar-refractivity contribution in [3.8, 4) is 11.4 Å². The van der Waals surface area contributed by atoms with E-state index in [0.717, 1.165) is 11.1 Å². The molecule has 1 N–H and O–H groups in total. The van der Waals surface area contributed by atoms with E-state index in [2.05, 4.69) is 14.7 Å². The number of sulfonamides is 1. The molecule has 0 radical (unpaired) electrons.